The molecule has 2 rings (SSSR count). The van der Waals surface area contributed by atoms with E-state index in [4.69, 9.17) is 11.6 Å². The lowest BCUT2D eigenvalue weighted by Crippen LogP contribution is -2.22. The first-order valence-corrected chi connectivity index (χ1v) is 6.67. The predicted octanol–water partition coefficient (Wildman–Crippen LogP) is 3.75. The zero-order chi connectivity index (χ0) is 14.8. The van der Waals surface area contributed by atoms with E-state index in [0.29, 0.717) is 11.1 Å². The normalized spacial score (nSPS) is 11.4. The number of carbonyl (C=O) groups excluding carboxylic acids is 1. The fraction of sp³-hybridized carbons (Fsp3) is 0.167. The standard InChI is InChI=1S/C12H8ClF3N2OS/c13-8-4-7(12(14,15)16)5-17-9(8)6-18-11(19)10-2-1-3-20-10/h1-5H,6H2,(H,18,19). The first kappa shape index (κ1) is 14.8. The van der Waals surface area contributed by atoms with Gasteiger partial charge in [-0.1, -0.05) is 17.7 Å². The van der Waals surface area contributed by atoms with Gasteiger partial charge in [-0.3, -0.25) is 9.78 Å². The van der Waals surface area contributed by atoms with E-state index >= 15 is 0 Å². The van der Waals surface area contributed by atoms with Crippen LogP contribution >= 0.6 is 22.9 Å². The van der Waals surface area contributed by atoms with Gasteiger partial charge in [-0.05, 0) is 17.5 Å². The molecule has 3 nitrogen and oxygen atoms in total. The van der Waals surface area contributed by atoms with Gasteiger partial charge in [-0.25, -0.2) is 0 Å². The molecular weight excluding hydrogens is 313 g/mol. The molecule has 0 saturated heterocycles. The average molecular weight is 321 g/mol. The number of rotatable bonds is 3. The SMILES string of the molecule is O=C(NCc1ncc(C(F)(F)F)cc1Cl)c1cccs1. The van der Waals surface area contributed by atoms with Crippen LogP contribution in [-0.2, 0) is 12.7 Å². The Labute approximate surface area is 121 Å². The van der Waals surface area contributed by atoms with Gasteiger partial charge in [0.1, 0.15) is 0 Å². The van der Waals surface area contributed by atoms with E-state index in [2.05, 4.69) is 10.3 Å². The fourth-order valence-electron chi connectivity index (χ4n) is 1.41. The smallest absolute Gasteiger partial charge is 0.346 e. The zero-order valence-corrected chi connectivity index (χ0v) is 11.4. The Bertz CT molecular complexity index is 614. The Morgan fingerprint density at radius 1 is 1.45 bits per heavy atom. The molecule has 2 heterocycles. The van der Waals surface area contributed by atoms with Crippen LogP contribution < -0.4 is 5.32 Å². The number of hydrogen-bond acceptors (Lipinski definition) is 3. The third-order valence-corrected chi connectivity index (χ3v) is 3.60. The van der Waals surface area contributed by atoms with Gasteiger partial charge in [-0.2, -0.15) is 13.2 Å². The second-order valence-corrected chi connectivity index (χ2v) is 5.17. The molecule has 0 radical (unpaired) electrons. The summed E-state index contributed by atoms with van der Waals surface area (Å²) in [6.45, 7) is -0.0340. The summed E-state index contributed by atoms with van der Waals surface area (Å²) in [7, 11) is 0. The molecule has 0 saturated carbocycles. The maximum Gasteiger partial charge on any atom is 0.417 e. The Kier molecular flexibility index (Phi) is 4.29. The van der Waals surface area contributed by atoms with Crippen LogP contribution in [0, 0.1) is 0 Å². The summed E-state index contributed by atoms with van der Waals surface area (Å²) in [6.07, 6.45) is -3.80. The quantitative estimate of drug-likeness (QED) is 0.936. The van der Waals surface area contributed by atoms with Crippen molar-refractivity contribution in [2.24, 2.45) is 0 Å². The Morgan fingerprint density at radius 2 is 2.20 bits per heavy atom. The molecule has 0 aliphatic rings. The molecule has 20 heavy (non-hydrogen) atoms. The van der Waals surface area contributed by atoms with Crippen LogP contribution in [0.2, 0.25) is 5.02 Å². The largest absolute Gasteiger partial charge is 0.417 e. The second kappa shape index (κ2) is 5.80. The van der Waals surface area contributed by atoms with Crippen LogP contribution in [-0.4, -0.2) is 10.9 Å². The van der Waals surface area contributed by atoms with Crippen molar-refractivity contribution in [3.63, 3.8) is 0 Å². The first-order valence-electron chi connectivity index (χ1n) is 5.41. The lowest BCUT2D eigenvalue weighted by Gasteiger charge is -2.09. The number of halogens is 4. The lowest BCUT2D eigenvalue weighted by molar-refractivity contribution is -0.137. The first-order chi connectivity index (χ1) is 9.38. The number of nitrogens with one attached hydrogen (secondary N) is 1. The summed E-state index contributed by atoms with van der Waals surface area (Å²) < 4.78 is 37.3. The van der Waals surface area contributed by atoms with Crippen LogP contribution in [0.25, 0.3) is 0 Å². The van der Waals surface area contributed by atoms with E-state index in [0.717, 1.165) is 6.07 Å². The molecule has 0 unspecified atom stereocenters. The van der Waals surface area contributed by atoms with E-state index in [1.54, 1.807) is 17.5 Å². The molecule has 0 fully saturated rings. The van der Waals surface area contributed by atoms with Crippen molar-refractivity contribution < 1.29 is 18.0 Å². The van der Waals surface area contributed by atoms with Crippen molar-refractivity contribution in [3.8, 4) is 0 Å². The fourth-order valence-corrected chi connectivity index (χ4v) is 2.28. The van der Waals surface area contributed by atoms with Crippen LogP contribution in [0.1, 0.15) is 20.9 Å². The topological polar surface area (TPSA) is 42.0 Å². The molecule has 1 amide bonds. The Balaban J connectivity index is 2.06. The number of alkyl halides is 3. The third kappa shape index (κ3) is 3.49. The van der Waals surface area contributed by atoms with Gasteiger partial charge < -0.3 is 5.32 Å². The maximum atomic E-state index is 12.4. The summed E-state index contributed by atoms with van der Waals surface area (Å²) in [4.78, 5) is 15.8. The summed E-state index contributed by atoms with van der Waals surface area (Å²) in [5, 5.41) is 4.16. The minimum atomic E-state index is -4.49. The highest BCUT2D eigenvalue weighted by Gasteiger charge is 2.31. The molecule has 0 aromatic carbocycles. The van der Waals surface area contributed by atoms with E-state index in [1.165, 1.54) is 11.3 Å². The number of nitrogens with zero attached hydrogens (tertiary/aromatic N) is 1. The van der Waals surface area contributed by atoms with Crippen LogP contribution in [0.4, 0.5) is 13.2 Å². The molecule has 0 spiro atoms. The second-order valence-electron chi connectivity index (χ2n) is 3.81. The van der Waals surface area contributed by atoms with Gasteiger partial charge in [0.15, 0.2) is 0 Å². The van der Waals surface area contributed by atoms with Gasteiger partial charge >= 0.3 is 6.18 Å². The minimum absolute atomic E-state index is 0.0340. The van der Waals surface area contributed by atoms with Crippen LogP contribution in [0.15, 0.2) is 29.8 Å². The lowest BCUT2D eigenvalue weighted by atomic mass is 10.2. The molecule has 0 bridgehead atoms. The van der Waals surface area contributed by atoms with Crippen molar-refractivity contribution in [3.05, 3.63) is 50.9 Å². The summed E-state index contributed by atoms with van der Waals surface area (Å²) >= 11 is 6.99. The molecule has 1 N–H and O–H groups in total. The number of pyridine rings is 1. The number of amides is 1. The van der Waals surface area contributed by atoms with E-state index < -0.39 is 11.7 Å². The molecule has 2 aromatic heterocycles. The Morgan fingerprint density at radius 3 is 2.75 bits per heavy atom. The van der Waals surface area contributed by atoms with E-state index in [9.17, 15) is 18.0 Å². The Hall–Kier alpha value is -1.60. The van der Waals surface area contributed by atoms with Gasteiger partial charge in [0.05, 0.1) is 27.7 Å². The van der Waals surface area contributed by atoms with Crippen molar-refractivity contribution in [1.82, 2.24) is 10.3 Å². The molecular formula is C12H8ClF3N2OS. The molecule has 0 aliphatic heterocycles. The highest BCUT2D eigenvalue weighted by atomic mass is 35.5. The highest BCUT2D eigenvalue weighted by Crippen LogP contribution is 2.30. The number of hydrogen-bond donors (Lipinski definition) is 1. The van der Waals surface area contributed by atoms with E-state index in [1.807, 2.05) is 0 Å². The van der Waals surface area contributed by atoms with Gasteiger partial charge in [0.2, 0.25) is 0 Å². The number of carbonyl (C=O) groups is 1. The zero-order valence-electron chi connectivity index (χ0n) is 9.87. The van der Waals surface area contributed by atoms with Gasteiger partial charge in [0.25, 0.3) is 5.91 Å². The predicted molar refractivity (Wildman–Crippen MR) is 69.7 cm³/mol. The summed E-state index contributed by atoms with van der Waals surface area (Å²) in [5.74, 6) is -0.322. The number of aromatic nitrogens is 1. The molecule has 8 heteroatoms. The minimum Gasteiger partial charge on any atom is -0.346 e. The van der Waals surface area contributed by atoms with E-state index in [-0.39, 0.29) is 23.2 Å². The van der Waals surface area contributed by atoms with Gasteiger partial charge in [0, 0.05) is 6.20 Å². The van der Waals surface area contributed by atoms with Crippen molar-refractivity contribution in [1.29, 1.82) is 0 Å². The van der Waals surface area contributed by atoms with Gasteiger partial charge in [-0.15, -0.1) is 11.3 Å². The molecule has 0 atom stereocenters. The highest BCUT2D eigenvalue weighted by molar-refractivity contribution is 7.12. The van der Waals surface area contributed by atoms with Crippen molar-refractivity contribution in [2.45, 2.75) is 12.7 Å². The average Bonchev–Trinajstić information content (AvgIpc) is 2.89. The van der Waals surface area contributed by atoms with Crippen LogP contribution in [0.3, 0.4) is 0 Å². The summed E-state index contributed by atoms with van der Waals surface area (Å²) in [5.41, 5.74) is -0.736. The maximum absolute atomic E-state index is 12.4. The molecule has 2 aromatic rings. The number of thiophene rings is 1. The monoisotopic (exact) mass is 320 g/mol. The summed E-state index contributed by atoms with van der Waals surface area (Å²) in [6, 6.07) is 4.16. The molecule has 0 aliphatic carbocycles. The van der Waals surface area contributed by atoms with Crippen molar-refractivity contribution in [2.75, 3.05) is 0 Å². The van der Waals surface area contributed by atoms with Crippen molar-refractivity contribution >= 4 is 28.8 Å². The molecule has 106 valence electrons. The third-order valence-electron chi connectivity index (χ3n) is 2.41. The van der Waals surface area contributed by atoms with Crippen LogP contribution in [0.5, 0.6) is 0 Å².